The summed E-state index contributed by atoms with van der Waals surface area (Å²) < 4.78 is 4.52. The van der Waals surface area contributed by atoms with Crippen LogP contribution in [0.2, 0.25) is 0 Å². The number of methoxy groups -OCH3 is 1. The van der Waals surface area contributed by atoms with Crippen LogP contribution < -0.4 is 5.43 Å². The smallest absolute Gasteiger partial charge is 0.370 e. The number of nitrogens with zero attached hydrogens (tertiary/aromatic N) is 2. The monoisotopic (exact) mass is 413 g/mol. The molecule has 0 aliphatic carbocycles. The first kappa shape index (κ1) is 22.2. The highest BCUT2D eigenvalue weighted by molar-refractivity contribution is 6.82. The molecule has 0 spiro atoms. The van der Waals surface area contributed by atoms with Crippen LogP contribution in [0.3, 0.4) is 0 Å². The normalized spacial score (nSPS) is 12.5. The highest BCUT2D eigenvalue weighted by Crippen LogP contribution is 2.25. The molecule has 7 heteroatoms. The van der Waals surface area contributed by atoms with Gasteiger partial charge in [0.2, 0.25) is 5.17 Å². The molecule has 0 aliphatic rings. The molecule has 0 aromatic heterocycles. The number of para-hydroxylation sites is 1. The number of benzene rings is 2. The van der Waals surface area contributed by atoms with Crippen LogP contribution in [0.25, 0.3) is 0 Å². The molecule has 0 saturated carbocycles. The van der Waals surface area contributed by atoms with Crippen molar-refractivity contribution in [3.05, 3.63) is 77.9 Å². The number of hydrogen-bond acceptors (Lipinski definition) is 5. The van der Waals surface area contributed by atoms with Gasteiger partial charge >= 0.3 is 5.97 Å². The van der Waals surface area contributed by atoms with Gasteiger partial charge in [-0.1, -0.05) is 66.2 Å². The Morgan fingerprint density at radius 2 is 1.83 bits per heavy atom. The molecule has 1 amide bonds. The summed E-state index contributed by atoms with van der Waals surface area (Å²) in [4.78, 5) is 26.6. The van der Waals surface area contributed by atoms with Crippen LogP contribution in [0, 0.1) is 0 Å². The van der Waals surface area contributed by atoms with E-state index in [1.807, 2.05) is 56.3 Å². The zero-order valence-electron chi connectivity index (χ0n) is 16.6. The maximum absolute atomic E-state index is 13.4. The molecule has 6 nitrogen and oxygen atoms in total. The van der Waals surface area contributed by atoms with Crippen molar-refractivity contribution in [2.75, 3.05) is 19.1 Å². The van der Waals surface area contributed by atoms with E-state index in [0.29, 0.717) is 17.8 Å². The summed E-state index contributed by atoms with van der Waals surface area (Å²) >= 11 is 5.78. The predicted molar refractivity (Wildman–Crippen MR) is 116 cm³/mol. The van der Waals surface area contributed by atoms with Gasteiger partial charge in [0, 0.05) is 6.54 Å². The third-order valence-corrected chi connectivity index (χ3v) is 4.57. The van der Waals surface area contributed by atoms with Crippen molar-refractivity contribution in [3.8, 4) is 0 Å². The number of anilines is 1. The standard InChI is InChI=1S/C22H24ClN3O3/c1-4-5-15-26(16(2)17-11-7-6-8-12-17)21(27)18-13-9-10-14-19(18)24-25-20(23)22(28)29-3/h4-14,16,24H,15H2,1-3H3/b5-4+,25-20-/t16-/m0/s1. The number of hydrazone groups is 1. The minimum Gasteiger partial charge on any atom is -0.464 e. The average Bonchev–Trinajstić information content (AvgIpc) is 2.77. The minimum atomic E-state index is -0.768. The summed E-state index contributed by atoms with van der Waals surface area (Å²) in [6.07, 6.45) is 3.84. The molecule has 2 aromatic rings. The highest BCUT2D eigenvalue weighted by Gasteiger charge is 2.24. The van der Waals surface area contributed by atoms with Gasteiger partial charge in [-0.05, 0) is 31.5 Å². The summed E-state index contributed by atoms with van der Waals surface area (Å²) in [6.45, 7) is 4.35. The van der Waals surface area contributed by atoms with Crippen molar-refractivity contribution in [1.29, 1.82) is 0 Å². The molecule has 0 bridgehead atoms. The van der Waals surface area contributed by atoms with E-state index >= 15 is 0 Å². The Kier molecular flexibility index (Phi) is 8.43. The number of ether oxygens (including phenoxy) is 1. The van der Waals surface area contributed by atoms with Gasteiger partial charge in [0.05, 0.1) is 24.4 Å². The lowest BCUT2D eigenvalue weighted by Crippen LogP contribution is -2.34. The Labute approximate surface area is 175 Å². The highest BCUT2D eigenvalue weighted by atomic mass is 35.5. The second-order valence-electron chi connectivity index (χ2n) is 6.16. The maximum Gasteiger partial charge on any atom is 0.370 e. The van der Waals surface area contributed by atoms with Crippen LogP contribution >= 0.6 is 11.6 Å². The first-order chi connectivity index (χ1) is 14.0. The Bertz CT molecular complexity index is 897. The van der Waals surface area contributed by atoms with Crippen molar-refractivity contribution < 1.29 is 14.3 Å². The molecular weight excluding hydrogens is 390 g/mol. The zero-order valence-corrected chi connectivity index (χ0v) is 17.4. The van der Waals surface area contributed by atoms with Gasteiger partial charge in [0.15, 0.2) is 0 Å². The van der Waals surface area contributed by atoms with E-state index < -0.39 is 5.97 Å². The van der Waals surface area contributed by atoms with Crippen LogP contribution in [0.5, 0.6) is 0 Å². The number of carbonyl (C=O) groups excluding carboxylic acids is 2. The maximum atomic E-state index is 13.4. The van der Waals surface area contributed by atoms with Crippen molar-refractivity contribution in [3.63, 3.8) is 0 Å². The van der Waals surface area contributed by atoms with Crippen LogP contribution in [0.15, 0.2) is 71.9 Å². The number of allylic oxidation sites excluding steroid dienone is 1. The Morgan fingerprint density at radius 1 is 1.17 bits per heavy atom. The van der Waals surface area contributed by atoms with E-state index in [2.05, 4.69) is 15.3 Å². The number of esters is 1. The van der Waals surface area contributed by atoms with Crippen LogP contribution in [-0.4, -0.2) is 35.6 Å². The van der Waals surface area contributed by atoms with E-state index in [-0.39, 0.29) is 17.1 Å². The number of nitrogens with one attached hydrogen (secondary N) is 1. The molecule has 0 saturated heterocycles. The molecule has 1 N–H and O–H groups in total. The summed E-state index contributed by atoms with van der Waals surface area (Å²) in [7, 11) is 1.21. The number of hydrogen-bond donors (Lipinski definition) is 1. The molecule has 0 radical (unpaired) electrons. The zero-order chi connectivity index (χ0) is 21.2. The molecule has 2 rings (SSSR count). The van der Waals surface area contributed by atoms with Crippen LogP contribution in [0.1, 0.15) is 35.8 Å². The van der Waals surface area contributed by atoms with E-state index in [0.717, 1.165) is 5.56 Å². The van der Waals surface area contributed by atoms with Gasteiger partial charge in [-0.15, -0.1) is 0 Å². The van der Waals surface area contributed by atoms with E-state index in [1.54, 1.807) is 29.2 Å². The summed E-state index contributed by atoms with van der Waals surface area (Å²) in [5.74, 6) is -0.942. The summed E-state index contributed by atoms with van der Waals surface area (Å²) in [6, 6.07) is 16.6. The Hall–Kier alpha value is -3.12. The second-order valence-corrected chi connectivity index (χ2v) is 6.52. The van der Waals surface area contributed by atoms with Crippen molar-refractivity contribution in [2.24, 2.45) is 5.10 Å². The molecule has 0 unspecified atom stereocenters. The third-order valence-electron chi connectivity index (χ3n) is 4.33. The first-order valence-corrected chi connectivity index (χ1v) is 9.51. The van der Waals surface area contributed by atoms with Crippen LogP contribution in [-0.2, 0) is 9.53 Å². The summed E-state index contributed by atoms with van der Waals surface area (Å²) in [5.41, 5.74) is 4.57. The van der Waals surface area contributed by atoms with Gasteiger partial charge < -0.3 is 9.64 Å². The second kappa shape index (κ2) is 11.0. The van der Waals surface area contributed by atoms with Gasteiger partial charge in [-0.3, -0.25) is 10.2 Å². The third kappa shape index (κ3) is 5.93. The SMILES string of the molecule is C/C=C/CN(C(=O)c1ccccc1N/N=C(\Cl)C(=O)OC)[C@@H](C)c1ccccc1. The average molecular weight is 414 g/mol. The molecule has 1 atom stereocenters. The fourth-order valence-corrected chi connectivity index (χ4v) is 2.83. The lowest BCUT2D eigenvalue weighted by molar-refractivity contribution is -0.132. The van der Waals surface area contributed by atoms with E-state index in [4.69, 9.17) is 11.6 Å². The number of carbonyl (C=O) groups is 2. The van der Waals surface area contributed by atoms with Gasteiger partial charge in [0.25, 0.3) is 5.91 Å². The quantitative estimate of drug-likeness (QED) is 0.297. The molecule has 29 heavy (non-hydrogen) atoms. The molecule has 0 heterocycles. The van der Waals surface area contributed by atoms with Crippen LogP contribution in [0.4, 0.5) is 5.69 Å². The Morgan fingerprint density at radius 3 is 2.48 bits per heavy atom. The van der Waals surface area contributed by atoms with Crippen molar-refractivity contribution in [1.82, 2.24) is 4.90 Å². The molecule has 0 aliphatic heterocycles. The number of halogens is 1. The van der Waals surface area contributed by atoms with Gasteiger partial charge in [-0.2, -0.15) is 5.10 Å². The fourth-order valence-electron chi connectivity index (χ4n) is 2.71. The van der Waals surface area contributed by atoms with E-state index in [1.165, 1.54) is 7.11 Å². The topological polar surface area (TPSA) is 71.0 Å². The van der Waals surface area contributed by atoms with E-state index in [9.17, 15) is 9.59 Å². The summed E-state index contributed by atoms with van der Waals surface area (Å²) in [5, 5.41) is 3.44. The predicted octanol–water partition coefficient (Wildman–Crippen LogP) is 4.60. The fraction of sp³-hybridized carbons (Fsp3) is 0.227. The largest absolute Gasteiger partial charge is 0.464 e. The lowest BCUT2D eigenvalue weighted by Gasteiger charge is -2.29. The molecular formula is C22H24ClN3O3. The van der Waals surface area contributed by atoms with Gasteiger partial charge in [0.1, 0.15) is 0 Å². The van der Waals surface area contributed by atoms with Crippen molar-refractivity contribution in [2.45, 2.75) is 19.9 Å². The molecule has 0 fully saturated rings. The van der Waals surface area contributed by atoms with Gasteiger partial charge in [-0.25, -0.2) is 4.79 Å². The first-order valence-electron chi connectivity index (χ1n) is 9.13. The number of rotatable bonds is 8. The number of amides is 1. The molecule has 152 valence electrons. The Balaban J connectivity index is 2.35. The molecule has 2 aromatic carbocycles. The van der Waals surface area contributed by atoms with Crippen molar-refractivity contribution >= 4 is 34.3 Å². The lowest BCUT2D eigenvalue weighted by atomic mass is 10.0. The minimum absolute atomic E-state index is 0.143.